The molecule has 1 N–H and O–H groups in total. The predicted molar refractivity (Wildman–Crippen MR) is 145 cm³/mol. The van der Waals surface area contributed by atoms with Gasteiger partial charge < -0.3 is 19.3 Å². The van der Waals surface area contributed by atoms with Gasteiger partial charge in [-0.2, -0.15) is 0 Å². The smallest absolute Gasteiger partial charge is 0.195 e. The van der Waals surface area contributed by atoms with E-state index in [2.05, 4.69) is 13.8 Å². The Labute approximate surface area is 229 Å². The monoisotopic (exact) mass is 544 g/mol. The van der Waals surface area contributed by atoms with Gasteiger partial charge in [0.15, 0.2) is 22.2 Å². The van der Waals surface area contributed by atoms with Crippen molar-refractivity contribution in [2.24, 2.45) is 28.6 Å². The summed E-state index contributed by atoms with van der Waals surface area (Å²) in [5.74, 6) is -0.211. The summed E-state index contributed by atoms with van der Waals surface area (Å²) in [6.07, 6.45) is 3.41. The lowest BCUT2D eigenvalue weighted by Gasteiger charge is -2.61. The largest absolute Gasteiger partial charge is 0.479 e. The van der Waals surface area contributed by atoms with Crippen LogP contribution in [0.4, 0.5) is 0 Å². The van der Waals surface area contributed by atoms with Crippen LogP contribution in [0.2, 0.25) is 0 Å². The number of hydrogen-bond donors (Lipinski definition) is 1. The van der Waals surface area contributed by atoms with Gasteiger partial charge in [0.05, 0.1) is 17.2 Å². The Morgan fingerprint density at radius 1 is 1.19 bits per heavy atom. The lowest BCUT2D eigenvalue weighted by atomic mass is 9.45. The molecule has 8 atom stereocenters. The van der Waals surface area contributed by atoms with Crippen LogP contribution in [0.25, 0.3) is 0 Å². The number of aliphatic hydroxyl groups is 1. The van der Waals surface area contributed by atoms with Crippen molar-refractivity contribution in [1.82, 2.24) is 0 Å². The molecule has 1 aliphatic heterocycles. The summed E-state index contributed by atoms with van der Waals surface area (Å²) >= 11 is 12.6. The van der Waals surface area contributed by atoms with Gasteiger partial charge in [-0.25, -0.2) is 0 Å². The fourth-order valence-electron chi connectivity index (χ4n) is 9.06. The highest BCUT2D eigenvalue weighted by Gasteiger charge is 2.76. The second-order valence-corrected chi connectivity index (χ2v) is 13.5. The van der Waals surface area contributed by atoms with Crippen LogP contribution in [0.1, 0.15) is 71.8 Å². The van der Waals surface area contributed by atoms with Crippen LogP contribution in [0.15, 0.2) is 40.9 Å². The zero-order valence-electron chi connectivity index (χ0n) is 22.1. The van der Waals surface area contributed by atoms with Gasteiger partial charge in [-0.15, -0.1) is 0 Å². The van der Waals surface area contributed by atoms with Gasteiger partial charge in [0.1, 0.15) is 6.61 Å². The second-order valence-electron chi connectivity index (χ2n) is 12.8. The van der Waals surface area contributed by atoms with E-state index in [1.807, 2.05) is 44.2 Å². The average Bonchev–Trinajstić information content (AvgIpc) is 3.26. The third kappa shape index (κ3) is 3.58. The molecule has 0 amide bonds. The third-order valence-electron chi connectivity index (χ3n) is 10.5. The first-order chi connectivity index (χ1) is 17.4. The Hall–Kier alpha value is -1.31. The first-order valence-corrected chi connectivity index (χ1v) is 14.4. The molecular formula is C30H37ClO5S. The van der Waals surface area contributed by atoms with Crippen molar-refractivity contribution in [3.05, 3.63) is 46.5 Å². The minimum Gasteiger partial charge on any atom is -0.479 e. The van der Waals surface area contributed by atoms with E-state index in [0.29, 0.717) is 29.5 Å². The van der Waals surface area contributed by atoms with Crippen molar-refractivity contribution in [3.8, 4) is 0 Å². The molecule has 1 aromatic rings. The number of rotatable bonds is 3. The number of carbonyl (C=O) groups excluding carboxylic acids is 1. The van der Waals surface area contributed by atoms with E-state index in [9.17, 15) is 9.90 Å². The number of aliphatic hydroxyl groups excluding tert-OH is 1. The first kappa shape index (κ1) is 25.9. The Bertz CT molecular complexity index is 1170. The second kappa shape index (κ2) is 8.59. The van der Waals surface area contributed by atoms with Crippen molar-refractivity contribution in [2.45, 2.75) is 96.4 Å². The van der Waals surface area contributed by atoms with Crippen LogP contribution in [-0.4, -0.2) is 39.5 Å². The molecule has 0 spiro atoms. The molecule has 4 fully saturated rings. The van der Waals surface area contributed by atoms with Crippen LogP contribution in [0.5, 0.6) is 0 Å². The summed E-state index contributed by atoms with van der Waals surface area (Å²) in [7, 11) is 0. The SMILES string of the molecule is CC1(C)O[C@@H]2C[C@H]3[C@@H]4CCC5=C(Cl)C(=O)CC[C@]5(C)[C@H]4[C@@H](O)C[C@]3(C)[C@]2(C(=S)OCc2ccccc2)O1. The highest BCUT2D eigenvalue weighted by Crippen LogP contribution is 2.71. The van der Waals surface area contributed by atoms with Gasteiger partial charge in [0.2, 0.25) is 0 Å². The van der Waals surface area contributed by atoms with Crippen molar-refractivity contribution in [1.29, 1.82) is 0 Å². The number of ether oxygens (including phenoxy) is 3. The molecular weight excluding hydrogens is 508 g/mol. The number of halogens is 1. The van der Waals surface area contributed by atoms with E-state index in [-0.39, 0.29) is 35.1 Å². The van der Waals surface area contributed by atoms with Crippen molar-refractivity contribution < 1.29 is 24.1 Å². The van der Waals surface area contributed by atoms with Crippen LogP contribution >= 0.6 is 23.8 Å². The van der Waals surface area contributed by atoms with Gasteiger partial charge >= 0.3 is 0 Å². The number of carbonyl (C=O) groups is 1. The summed E-state index contributed by atoms with van der Waals surface area (Å²) in [6.45, 7) is 8.69. The maximum Gasteiger partial charge on any atom is 0.195 e. The molecule has 5 aliphatic rings. The predicted octanol–water partition coefficient (Wildman–Crippen LogP) is 6.10. The summed E-state index contributed by atoms with van der Waals surface area (Å²) in [5, 5.41) is 12.7. The maximum absolute atomic E-state index is 12.4. The molecule has 4 aliphatic carbocycles. The van der Waals surface area contributed by atoms with E-state index in [1.54, 1.807) is 0 Å². The van der Waals surface area contributed by atoms with E-state index >= 15 is 0 Å². The van der Waals surface area contributed by atoms with E-state index in [4.69, 9.17) is 38.0 Å². The Kier molecular flexibility index (Phi) is 6.02. The Morgan fingerprint density at radius 3 is 2.65 bits per heavy atom. The molecule has 37 heavy (non-hydrogen) atoms. The zero-order valence-corrected chi connectivity index (χ0v) is 23.7. The normalized spacial score (nSPS) is 44.1. The molecule has 0 aromatic heterocycles. The van der Waals surface area contributed by atoms with Crippen LogP contribution < -0.4 is 0 Å². The molecule has 1 aromatic carbocycles. The minimum absolute atomic E-state index is 0.0406. The van der Waals surface area contributed by atoms with Gasteiger partial charge in [-0.05, 0) is 92.5 Å². The molecule has 1 saturated heterocycles. The third-order valence-corrected chi connectivity index (χ3v) is 11.4. The summed E-state index contributed by atoms with van der Waals surface area (Å²) in [6, 6.07) is 10.0. The van der Waals surface area contributed by atoms with Crippen LogP contribution in [-0.2, 0) is 25.6 Å². The van der Waals surface area contributed by atoms with Gasteiger partial charge in [0.25, 0.3) is 0 Å². The molecule has 200 valence electrons. The number of fused-ring (bicyclic) bond motifs is 7. The molecule has 7 heteroatoms. The van der Waals surface area contributed by atoms with Gasteiger partial charge in [-0.1, -0.05) is 55.8 Å². The van der Waals surface area contributed by atoms with Crippen LogP contribution in [0, 0.1) is 28.6 Å². The summed E-state index contributed by atoms with van der Waals surface area (Å²) in [4.78, 5) is 12.4. The number of ketones is 1. The molecule has 1 heterocycles. The quantitative estimate of drug-likeness (QED) is 0.464. The Balaban J connectivity index is 1.37. The number of benzene rings is 1. The molecule has 0 unspecified atom stereocenters. The lowest BCUT2D eigenvalue weighted by Crippen LogP contribution is -2.63. The molecule has 3 saturated carbocycles. The number of allylic oxidation sites excluding steroid dienone is 1. The number of hydrogen-bond acceptors (Lipinski definition) is 6. The highest BCUT2D eigenvalue weighted by molar-refractivity contribution is 7.80. The van der Waals surface area contributed by atoms with Crippen molar-refractivity contribution in [3.63, 3.8) is 0 Å². The molecule has 0 radical (unpaired) electrons. The van der Waals surface area contributed by atoms with E-state index in [1.165, 1.54) is 0 Å². The zero-order chi connectivity index (χ0) is 26.4. The standard InChI is InChI=1S/C30H37ClO5S/c1-27(2)35-23-14-20-18-10-11-19-25(31)21(32)12-13-28(19,3)24(18)22(33)15-29(20,4)30(23,36-27)26(37)34-16-17-8-6-5-7-9-17/h5-9,18,20,22-24,33H,10-16H2,1-4H3/t18-,20-,22-,23+,24+,28-,29-,30-/m0/s1. The topological polar surface area (TPSA) is 65.0 Å². The average molecular weight is 545 g/mol. The van der Waals surface area contributed by atoms with Crippen molar-refractivity contribution >= 4 is 34.7 Å². The number of Topliss-reactive ketones (excluding diaryl/α,β-unsaturated/α-hetero) is 1. The fourth-order valence-corrected chi connectivity index (χ4v) is 9.93. The molecule has 0 bridgehead atoms. The summed E-state index contributed by atoms with van der Waals surface area (Å²) in [5.41, 5.74) is 0.450. The van der Waals surface area contributed by atoms with Gasteiger partial charge in [-0.3, -0.25) is 4.79 Å². The highest BCUT2D eigenvalue weighted by atomic mass is 35.5. The number of thiocarbonyl (C=S) groups is 1. The first-order valence-electron chi connectivity index (χ1n) is 13.6. The molecule has 6 rings (SSSR count). The van der Waals surface area contributed by atoms with E-state index < -0.39 is 22.9 Å². The maximum atomic E-state index is 12.4. The minimum atomic E-state index is -0.922. The Morgan fingerprint density at radius 2 is 1.92 bits per heavy atom. The van der Waals surface area contributed by atoms with Crippen molar-refractivity contribution in [2.75, 3.05) is 0 Å². The van der Waals surface area contributed by atoms with E-state index in [0.717, 1.165) is 36.8 Å². The van der Waals surface area contributed by atoms with Crippen LogP contribution in [0.3, 0.4) is 0 Å². The molecule has 5 nitrogen and oxygen atoms in total. The summed E-state index contributed by atoms with van der Waals surface area (Å²) < 4.78 is 19.6. The van der Waals surface area contributed by atoms with Gasteiger partial charge in [0, 0.05) is 11.8 Å². The fraction of sp³-hybridized carbons (Fsp3) is 0.667. The lowest BCUT2D eigenvalue weighted by molar-refractivity contribution is -0.214.